The van der Waals surface area contributed by atoms with E-state index in [1.54, 1.807) is 0 Å². The number of hydrogen-bond acceptors (Lipinski definition) is 3. The van der Waals surface area contributed by atoms with E-state index in [-0.39, 0.29) is 10.8 Å². The van der Waals surface area contributed by atoms with Crippen molar-refractivity contribution in [2.24, 2.45) is 0 Å². The van der Waals surface area contributed by atoms with E-state index in [1.165, 1.54) is 23.8 Å². The van der Waals surface area contributed by atoms with Gasteiger partial charge in [-0.25, -0.2) is 0 Å². The van der Waals surface area contributed by atoms with Gasteiger partial charge in [0.15, 0.2) is 0 Å². The van der Waals surface area contributed by atoms with Crippen molar-refractivity contribution in [3.63, 3.8) is 0 Å². The smallest absolute Gasteiger partial charge is 0.320 e. The first-order chi connectivity index (χ1) is 8.06. The lowest BCUT2D eigenvalue weighted by molar-refractivity contribution is -0.139. The van der Waals surface area contributed by atoms with E-state index < -0.39 is 0 Å². The number of nitrogens with one attached hydrogen (secondary N) is 1. The Hall–Kier alpha value is -0.870. The molecule has 1 aromatic rings. The van der Waals surface area contributed by atoms with Crippen molar-refractivity contribution in [2.75, 3.05) is 13.7 Å². The van der Waals surface area contributed by atoms with E-state index in [9.17, 15) is 4.79 Å². The third kappa shape index (κ3) is 4.13. The molecular weight excluding hydrogens is 282 g/mol. The molecule has 1 N–H and O–H groups in total. The first-order valence-electron chi connectivity index (χ1n) is 5.54. The van der Waals surface area contributed by atoms with E-state index in [0.717, 1.165) is 6.54 Å². The molecule has 0 aliphatic rings. The number of alkyl halides is 1. The van der Waals surface area contributed by atoms with Crippen molar-refractivity contribution in [3.05, 3.63) is 34.9 Å². The van der Waals surface area contributed by atoms with Gasteiger partial charge in [-0.2, -0.15) is 0 Å². The van der Waals surface area contributed by atoms with E-state index in [1.807, 2.05) is 0 Å². The molecule has 0 saturated carbocycles. The summed E-state index contributed by atoms with van der Waals surface area (Å²) < 4.78 is 4.64. The van der Waals surface area contributed by atoms with Crippen LogP contribution in [0.5, 0.6) is 0 Å². The largest absolute Gasteiger partial charge is 0.468 e. The van der Waals surface area contributed by atoms with Crippen LogP contribution in [0.1, 0.15) is 16.7 Å². The minimum atomic E-state index is -0.295. The third-order valence-electron chi connectivity index (χ3n) is 2.73. The summed E-state index contributed by atoms with van der Waals surface area (Å²) in [4.78, 5) is 10.9. The van der Waals surface area contributed by atoms with Crippen molar-refractivity contribution < 1.29 is 9.53 Å². The molecule has 1 unspecified atom stereocenters. The summed E-state index contributed by atoms with van der Waals surface area (Å²) in [6.07, 6.45) is 0. The van der Waals surface area contributed by atoms with Crippen LogP contribution in [0.25, 0.3) is 0 Å². The number of hydrogen-bond donors (Lipinski definition) is 1. The van der Waals surface area contributed by atoms with Crippen LogP contribution in [-0.2, 0) is 16.1 Å². The van der Waals surface area contributed by atoms with Gasteiger partial charge in [-0.15, -0.1) is 0 Å². The molecule has 0 spiro atoms. The Labute approximate surface area is 111 Å². The highest BCUT2D eigenvalue weighted by atomic mass is 79.9. The molecule has 0 bridgehead atoms. The summed E-state index contributed by atoms with van der Waals surface area (Å²) >= 11 is 3.28. The zero-order chi connectivity index (χ0) is 12.8. The van der Waals surface area contributed by atoms with Crippen LogP contribution in [0.4, 0.5) is 0 Å². The van der Waals surface area contributed by atoms with Crippen LogP contribution < -0.4 is 5.32 Å². The molecule has 4 heteroatoms. The van der Waals surface area contributed by atoms with Crippen molar-refractivity contribution in [2.45, 2.75) is 25.2 Å². The second-order valence-electron chi connectivity index (χ2n) is 3.99. The molecule has 0 saturated heterocycles. The van der Waals surface area contributed by atoms with Gasteiger partial charge in [-0.3, -0.25) is 4.79 Å². The number of aryl methyl sites for hydroxylation is 2. The molecule has 0 aromatic heterocycles. The Morgan fingerprint density at radius 1 is 1.41 bits per heavy atom. The average Bonchev–Trinajstić information content (AvgIpc) is 2.31. The van der Waals surface area contributed by atoms with E-state index in [2.05, 4.69) is 58.0 Å². The summed E-state index contributed by atoms with van der Waals surface area (Å²) in [6, 6.07) is 6.24. The number of benzene rings is 1. The second-order valence-corrected chi connectivity index (χ2v) is 5.10. The summed E-state index contributed by atoms with van der Waals surface area (Å²) in [5.74, 6) is -0.251. The highest BCUT2D eigenvalue weighted by Gasteiger charge is 2.14. The van der Waals surface area contributed by atoms with Crippen LogP contribution >= 0.6 is 15.9 Å². The standard InChI is InChI=1S/C13H18BrNO2/c1-9-5-4-6-10(2)11(9)7-15-8-12(14)13(16)17-3/h4-6,12,15H,7-8H2,1-3H3. The maximum absolute atomic E-state index is 11.2. The number of rotatable bonds is 5. The number of ether oxygens (including phenoxy) is 1. The minimum Gasteiger partial charge on any atom is -0.468 e. The molecular formula is C13H18BrNO2. The normalized spacial score (nSPS) is 12.2. The van der Waals surface area contributed by atoms with Crippen LogP contribution in [0.3, 0.4) is 0 Å². The number of halogens is 1. The first kappa shape index (κ1) is 14.2. The zero-order valence-corrected chi connectivity index (χ0v) is 12.0. The first-order valence-corrected chi connectivity index (χ1v) is 6.45. The van der Waals surface area contributed by atoms with Crippen LogP contribution in [0, 0.1) is 13.8 Å². The molecule has 0 amide bonds. The van der Waals surface area contributed by atoms with Crippen LogP contribution in [0.15, 0.2) is 18.2 Å². The molecule has 17 heavy (non-hydrogen) atoms. The van der Waals surface area contributed by atoms with Crippen LogP contribution in [0.2, 0.25) is 0 Å². The van der Waals surface area contributed by atoms with Crippen molar-refractivity contribution >= 4 is 21.9 Å². The monoisotopic (exact) mass is 299 g/mol. The fraction of sp³-hybridized carbons (Fsp3) is 0.462. The van der Waals surface area contributed by atoms with Gasteiger partial charge in [0.2, 0.25) is 0 Å². The molecule has 1 rings (SSSR count). The number of esters is 1. The molecule has 0 aliphatic carbocycles. The van der Waals surface area contributed by atoms with Gasteiger partial charge in [0.05, 0.1) is 7.11 Å². The average molecular weight is 300 g/mol. The van der Waals surface area contributed by atoms with Gasteiger partial charge < -0.3 is 10.1 Å². The van der Waals surface area contributed by atoms with Gasteiger partial charge in [0, 0.05) is 13.1 Å². The van der Waals surface area contributed by atoms with Crippen molar-refractivity contribution in [1.29, 1.82) is 0 Å². The molecule has 1 aromatic carbocycles. The summed E-state index contributed by atoms with van der Waals surface area (Å²) in [6.45, 7) is 5.50. The highest BCUT2D eigenvalue weighted by molar-refractivity contribution is 9.10. The second kappa shape index (κ2) is 6.77. The zero-order valence-electron chi connectivity index (χ0n) is 10.4. The van der Waals surface area contributed by atoms with Gasteiger partial charge in [0.25, 0.3) is 0 Å². The molecule has 0 aliphatic heterocycles. The van der Waals surface area contributed by atoms with Crippen molar-refractivity contribution in [3.8, 4) is 0 Å². The predicted molar refractivity (Wildman–Crippen MR) is 72.4 cm³/mol. The lowest BCUT2D eigenvalue weighted by Gasteiger charge is -2.12. The molecule has 1 atom stereocenters. The topological polar surface area (TPSA) is 38.3 Å². The molecule has 0 heterocycles. The van der Waals surface area contributed by atoms with E-state index >= 15 is 0 Å². The summed E-state index contributed by atoms with van der Waals surface area (Å²) in [5.41, 5.74) is 3.82. The van der Waals surface area contributed by atoms with Crippen LogP contribution in [-0.4, -0.2) is 24.5 Å². The van der Waals surface area contributed by atoms with Gasteiger partial charge in [-0.1, -0.05) is 34.1 Å². The Kier molecular flexibility index (Phi) is 5.65. The minimum absolute atomic E-state index is 0.251. The van der Waals surface area contributed by atoms with Gasteiger partial charge in [0.1, 0.15) is 4.83 Å². The number of methoxy groups -OCH3 is 1. The third-order valence-corrected chi connectivity index (χ3v) is 3.42. The molecule has 0 fully saturated rings. The molecule has 94 valence electrons. The molecule has 0 radical (unpaired) electrons. The van der Waals surface area contributed by atoms with E-state index in [4.69, 9.17) is 0 Å². The summed E-state index contributed by atoms with van der Waals surface area (Å²) in [7, 11) is 1.39. The Balaban J connectivity index is 2.49. The maximum Gasteiger partial charge on any atom is 0.320 e. The number of carbonyl (C=O) groups is 1. The Bertz CT molecular complexity index is 373. The SMILES string of the molecule is COC(=O)C(Br)CNCc1c(C)cccc1C. The molecule has 3 nitrogen and oxygen atoms in total. The lowest BCUT2D eigenvalue weighted by Crippen LogP contribution is -2.29. The fourth-order valence-electron chi connectivity index (χ4n) is 1.66. The van der Waals surface area contributed by atoms with Crippen molar-refractivity contribution in [1.82, 2.24) is 5.32 Å². The predicted octanol–water partition coefficient (Wildman–Crippen LogP) is 2.33. The summed E-state index contributed by atoms with van der Waals surface area (Å²) in [5, 5.41) is 3.25. The Morgan fingerprint density at radius 3 is 2.53 bits per heavy atom. The highest BCUT2D eigenvalue weighted by Crippen LogP contribution is 2.12. The van der Waals surface area contributed by atoms with E-state index in [0.29, 0.717) is 6.54 Å². The number of carbonyl (C=O) groups excluding carboxylic acids is 1. The fourth-order valence-corrected chi connectivity index (χ4v) is 2.08. The van der Waals surface area contributed by atoms with Gasteiger partial charge >= 0.3 is 5.97 Å². The quantitative estimate of drug-likeness (QED) is 0.670. The maximum atomic E-state index is 11.2. The van der Waals surface area contributed by atoms with Gasteiger partial charge in [-0.05, 0) is 30.5 Å². The Morgan fingerprint density at radius 2 is 2.00 bits per heavy atom. The lowest BCUT2D eigenvalue weighted by atomic mass is 10.0.